The van der Waals surface area contributed by atoms with Crippen LogP contribution in [0.5, 0.6) is 0 Å². The van der Waals surface area contributed by atoms with Crippen LogP contribution < -0.4 is 5.73 Å². The van der Waals surface area contributed by atoms with Gasteiger partial charge in [0.15, 0.2) is 12.1 Å². The van der Waals surface area contributed by atoms with Gasteiger partial charge in [-0.15, -0.1) is 0 Å². The van der Waals surface area contributed by atoms with E-state index in [1.807, 2.05) is 0 Å². The number of carbonyl (C=O) groups is 3. The molecule has 0 aromatic heterocycles. The van der Waals surface area contributed by atoms with Gasteiger partial charge in [0.1, 0.15) is 5.60 Å². The van der Waals surface area contributed by atoms with Crippen molar-refractivity contribution in [3.05, 3.63) is 35.9 Å². The molecule has 26 heavy (non-hydrogen) atoms. The Bertz CT molecular complexity index is 633. The molecule has 1 unspecified atom stereocenters. The third-order valence-corrected chi connectivity index (χ3v) is 3.89. The molecule has 0 radical (unpaired) electrons. The number of nitrogens with two attached hydrogens (primary N) is 1. The molecule has 1 atom stereocenters. The number of ether oxygens (including phenoxy) is 2. The van der Waals surface area contributed by atoms with Crippen LogP contribution in [-0.2, 0) is 19.1 Å². The number of carbonyl (C=O) groups excluding carboxylic acids is 3. The van der Waals surface area contributed by atoms with E-state index < -0.39 is 23.0 Å². The van der Waals surface area contributed by atoms with Gasteiger partial charge in [0.2, 0.25) is 0 Å². The Kier molecular flexibility index (Phi) is 7.32. The van der Waals surface area contributed by atoms with Crippen LogP contribution >= 0.6 is 0 Å². The Balaban J connectivity index is 2.81. The normalized spacial score (nSPS) is 13.5. The van der Waals surface area contributed by atoms with Crippen LogP contribution in [0.25, 0.3) is 0 Å². The molecule has 1 rings (SSSR count). The van der Waals surface area contributed by atoms with Gasteiger partial charge in [-0.05, 0) is 39.3 Å². The maximum Gasteiger partial charge on any atom is 0.326 e. The first-order valence-electron chi connectivity index (χ1n) is 8.48. The van der Waals surface area contributed by atoms with E-state index in [9.17, 15) is 14.4 Å². The lowest BCUT2D eigenvalue weighted by atomic mass is 9.85. The van der Waals surface area contributed by atoms with Crippen molar-refractivity contribution in [3.63, 3.8) is 0 Å². The molecule has 0 bridgehead atoms. The third kappa shape index (κ3) is 5.29. The molecular formula is C19H28N2O5. The summed E-state index contributed by atoms with van der Waals surface area (Å²) < 4.78 is 10.5. The van der Waals surface area contributed by atoms with Crippen molar-refractivity contribution in [3.8, 4) is 0 Å². The highest BCUT2D eigenvalue weighted by Crippen LogP contribution is 2.27. The van der Waals surface area contributed by atoms with Gasteiger partial charge in [0.05, 0.1) is 0 Å². The summed E-state index contributed by atoms with van der Waals surface area (Å²) in [6.07, 6.45) is 0.133. The summed E-state index contributed by atoms with van der Waals surface area (Å²) in [5, 5.41) is 0. The minimum absolute atomic E-state index is 0.133. The van der Waals surface area contributed by atoms with E-state index in [1.54, 1.807) is 58.0 Å². The first-order chi connectivity index (χ1) is 12.1. The largest absolute Gasteiger partial charge is 0.459 e. The molecule has 0 saturated heterocycles. The van der Waals surface area contributed by atoms with Gasteiger partial charge >= 0.3 is 11.9 Å². The van der Waals surface area contributed by atoms with Gasteiger partial charge < -0.3 is 20.1 Å². The molecule has 1 aromatic rings. The molecule has 1 aromatic carbocycles. The summed E-state index contributed by atoms with van der Waals surface area (Å²) in [7, 11) is 1.51. The third-order valence-electron chi connectivity index (χ3n) is 3.89. The minimum Gasteiger partial charge on any atom is -0.459 e. The molecule has 0 spiro atoms. The molecule has 0 aliphatic heterocycles. The standard InChI is InChI=1S/C19H28N2O5/c1-6-19(12-20,17(24)26-18(2,3)4)16(23)25-13-21(5)15(22)14-10-8-7-9-11-14/h7-11H,6,12-13,20H2,1-5H3. The fourth-order valence-electron chi connectivity index (χ4n) is 2.21. The fourth-order valence-corrected chi connectivity index (χ4v) is 2.21. The number of hydrogen-bond donors (Lipinski definition) is 1. The molecule has 7 heteroatoms. The number of rotatable bonds is 7. The molecule has 7 nitrogen and oxygen atoms in total. The fraction of sp³-hybridized carbons (Fsp3) is 0.526. The quantitative estimate of drug-likeness (QED) is 0.451. The van der Waals surface area contributed by atoms with E-state index in [-0.39, 0.29) is 25.6 Å². The second-order valence-corrected chi connectivity index (χ2v) is 7.07. The number of nitrogens with zero attached hydrogens (tertiary/aromatic N) is 1. The molecule has 144 valence electrons. The molecule has 0 aliphatic carbocycles. The summed E-state index contributed by atoms with van der Waals surface area (Å²) in [4.78, 5) is 38.6. The zero-order valence-electron chi connectivity index (χ0n) is 16.1. The molecule has 0 saturated carbocycles. The number of amides is 1. The second kappa shape index (κ2) is 8.80. The summed E-state index contributed by atoms with van der Waals surface area (Å²) in [6.45, 7) is 6.25. The molecule has 2 N–H and O–H groups in total. The van der Waals surface area contributed by atoms with Gasteiger partial charge in [0, 0.05) is 19.2 Å². The average molecular weight is 364 g/mol. The highest BCUT2D eigenvalue weighted by atomic mass is 16.6. The Morgan fingerprint density at radius 3 is 2.12 bits per heavy atom. The zero-order chi connectivity index (χ0) is 20.0. The molecular weight excluding hydrogens is 336 g/mol. The highest BCUT2D eigenvalue weighted by molar-refractivity contribution is 6.00. The van der Waals surface area contributed by atoms with Crippen molar-refractivity contribution in [2.75, 3.05) is 20.3 Å². The Morgan fingerprint density at radius 1 is 1.08 bits per heavy atom. The van der Waals surface area contributed by atoms with Crippen LogP contribution in [0.1, 0.15) is 44.5 Å². The van der Waals surface area contributed by atoms with Crippen molar-refractivity contribution in [2.24, 2.45) is 11.1 Å². The lowest BCUT2D eigenvalue weighted by Gasteiger charge is -2.31. The second-order valence-electron chi connectivity index (χ2n) is 7.07. The first-order valence-corrected chi connectivity index (χ1v) is 8.48. The van der Waals surface area contributed by atoms with Crippen molar-refractivity contribution in [1.29, 1.82) is 0 Å². The molecule has 0 fully saturated rings. The SMILES string of the molecule is CCC(CN)(C(=O)OCN(C)C(=O)c1ccccc1)C(=O)OC(C)(C)C. The van der Waals surface area contributed by atoms with Crippen LogP contribution in [0.4, 0.5) is 0 Å². The molecule has 0 aliphatic rings. The summed E-state index contributed by atoms with van der Waals surface area (Å²) in [5.41, 5.74) is 3.83. The van der Waals surface area contributed by atoms with Gasteiger partial charge in [-0.1, -0.05) is 25.1 Å². The maximum absolute atomic E-state index is 12.6. The van der Waals surface area contributed by atoms with Crippen LogP contribution in [0.15, 0.2) is 30.3 Å². The van der Waals surface area contributed by atoms with Gasteiger partial charge in [-0.2, -0.15) is 0 Å². The van der Waals surface area contributed by atoms with Gasteiger partial charge in [-0.25, -0.2) is 0 Å². The highest BCUT2D eigenvalue weighted by Gasteiger charge is 2.47. The van der Waals surface area contributed by atoms with Gasteiger partial charge in [0.25, 0.3) is 5.91 Å². The van der Waals surface area contributed by atoms with Crippen LogP contribution in [0.3, 0.4) is 0 Å². The smallest absolute Gasteiger partial charge is 0.326 e. The van der Waals surface area contributed by atoms with E-state index in [0.717, 1.165) is 0 Å². The van der Waals surface area contributed by atoms with Crippen molar-refractivity contribution in [2.45, 2.75) is 39.7 Å². The summed E-state index contributed by atoms with van der Waals surface area (Å²) >= 11 is 0. The van der Waals surface area contributed by atoms with Crippen LogP contribution in [0.2, 0.25) is 0 Å². The topological polar surface area (TPSA) is 98.9 Å². The Hall–Kier alpha value is -2.41. The van der Waals surface area contributed by atoms with E-state index in [0.29, 0.717) is 5.56 Å². The number of benzene rings is 1. The molecule has 0 heterocycles. The maximum atomic E-state index is 12.6. The van der Waals surface area contributed by atoms with E-state index >= 15 is 0 Å². The zero-order valence-corrected chi connectivity index (χ0v) is 16.1. The van der Waals surface area contributed by atoms with E-state index in [1.165, 1.54) is 11.9 Å². The van der Waals surface area contributed by atoms with Crippen molar-refractivity contribution in [1.82, 2.24) is 4.90 Å². The lowest BCUT2D eigenvalue weighted by molar-refractivity contribution is -0.180. The van der Waals surface area contributed by atoms with Gasteiger partial charge in [-0.3, -0.25) is 14.4 Å². The number of hydrogen-bond acceptors (Lipinski definition) is 6. The van der Waals surface area contributed by atoms with E-state index in [2.05, 4.69) is 0 Å². The van der Waals surface area contributed by atoms with E-state index in [4.69, 9.17) is 15.2 Å². The Morgan fingerprint density at radius 2 is 1.65 bits per heavy atom. The first kappa shape index (κ1) is 21.6. The monoisotopic (exact) mass is 364 g/mol. The predicted molar refractivity (Wildman–Crippen MR) is 97.1 cm³/mol. The van der Waals surface area contributed by atoms with Crippen molar-refractivity contribution >= 4 is 17.8 Å². The summed E-state index contributed by atoms with van der Waals surface area (Å²) in [6, 6.07) is 8.61. The Labute approximate surface area is 154 Å². The average Bonchev–Trinajstić information content (AvgIpc) is 2.59. The van der Waals surface area contributed by atoms with Crippen LogP contribution in [0, 0.1) is 5.41 Å². The lowest BCUT2D eigenvalue weighted by Crippen LogP contribution is -2.50. The van der Waals surface area contributed by atoms with Crippen molar-refractivity contribution < 1.29 is 23.9 Å². The predicted octanol–water partition coefficient (Wildman–Crippen LogP) is 1.96. The number of esters is 2. The molecule has 1 amide bonds. The summed E-state index contributed by atoms with van der Waals surface area (Å²) in [5.74, 6) is -1.83. The minimum atomic E-state index is -1.59. The van der Waals surface area contributed by atoms with Crippen LogP contribution in [-0.4, -0.2) is 48.7 Å².